The molecule has 270 valence electrons. The summed E-state index contributed by atoms with van der Waals surface area (Å²) in [6.07, 6.45) is 1.88. The molecule has 0 aliphatic heterocycles. The SMILES string of the molecule is Cc1c(CC(Cc2ccccc2-c2ccccc2)c2ccc3c(c2)C(C)(C)c2ccccc2-3)ccc2c1C(c1ccccc1)(c1ccccc1)c1ccccc1-2. The van der Waals surface area contributed by atoms with Crippen LogP contribution in [0, 0.1) is 6.92 Å². The predicted molar refractivity (Wildman–Crippen MR) is 235 cm³/mol. The molecule has 0 heteroatoms. The zero-order chi connectivity index (χ0) is 37.9. The minimum absolute atomic E-state index is 0.0608. The fraction of sp³-hybridized carbons (Fsp3) is 0.143. The summed E-state index contributed by atoms with van der Waals surface area (Å²) in [6, 6.07) is 72.8. The van der Waals surface area contributed by atoms with Gasteiger partial charge < -0.3 is 0 Å². The molecule has 0 fully saturated rings. The van der Waals surface area contributed by atoms with E-state index in [0.717, 1.165) is 12.8 Å². The monoisotopic (exact) mass is 718 g/mol. The molecule has 0 heterocycles. The van der Waals surface area contributed by atoms with Crippen LogP contribution in [0.1, 0.15) is 75.4 Å². The van der Waals surface area contributed by atoms with Crippen LogP contribution in [0.3, 0.4) is 0 Å². The van der Waals surface area contributed by atoms with E-state index < -0.39 is 5.41 Å². The predicted octanol–water partition coefficient (Wildman–Crippen LogP) is 13.9. The molecular weight excluding hydrogens is 673 g/mol. The van der Waals surface area contributed by atoms with E-state index in [0.29, 0.717) is 0 Å². The Hall–Kier alpha value is -6.24. The smallest absolute Gasteiger partial charge is 0.0622 e. The molecule has 0 aromatic heterocycles. The Morgan fingerprint density at radius 3 is 1.59 bits per heavy atom. The fourth-order valence-electron chi connectivity index (χ4n) is 10.4. The highest BCUT2D eigenvalue weighted by atomic mass is 14.5. The van der Waals surface area contributed by atoms with Crippen molar-refractivity contribution in [1.29, 1.82) is 0 Å². The minimum atomic E-state index is -0.423. The van der Waals surface area contributed by atoms with Crippen LogP contribution >= 0.6 is 0 Å². The summed E-state index contributed by atoms with van der Waals surface area (Å²) in [7, 11) is 0. The van der Waals surface area contributed by atoms with Crippen molar-refractivity contribution in [3.05, 3.63) is 250 Å². The van der Waals surface area contributed by atoms with Crippen LogP contribution in [0.25, 0.3) is 33.4 Å². The Labute approximate surface area is 332 Å². The highest BCUT2D eigenvalue weighted by Crippen LogP contribution is 2.58. The van der Waals surface area contributed by atoms with Crippen molar-refractivity contribution in [2.45, 2.75) is 50.4 Å². The lowest BCUT2D eigenvalue weighted by Crippen LogP contribution is -2.29. The average Bonchev–Trinajstić information content (AvgIpc) is 3.69. The number of rotatable bonds is 8. The van der Waals surface area contributed by atoms with Crippen LogP contribution in [-0.2, 0) is 23.7 Å². The molecule has 0 bridgehead atoms. The first-order chi connectivity index (χ1) is 27.5. The van der Waals surface area contributed by atoms with Crippen molar-refractivity contribution in [1.82, 2.24) is 0 Å². The Morgan fingerprint density at radius 2 is 0.911 bits per heavy atom. The van der Waals surface area contributed by atoms with Gasteiger partial charge in [0.15, 0.2) is 0 Å². The number of benzene rings is 8. The first-order valence-corrected chi connectivity index (χ1v) is 20.2. The lowest BCUT2D eigenvalue weighted by Gasteiger charge is -2.35. The van der Waals surface area contributed by atoms with Gasteiger partial charge in [-0.3, -0.25) is 0 Å². The van der Waals surface area contributed by atoms with Crippen molar-refractivity contribution in [3.63, 3.8) is 0 Å². The number of fused-ring (bicyclic) bond motifs is 6. The second-order valence-electron chi connectivity index (χ2n) is 16.4. The summed E-state index contributed by atoms with van der Waals surface area (Å²) in [6.45, 7) is 7.20. The van der Waals surface area contributed by atoms with Crippen LogP contribution in [-0.4, -0.2) is 0 Å². The fourth-order valence-corrected chi connectivity index (χ4v) is 10.4. The molecule has 56 heavy (non-hydrogen) atoms. The number of hydrogen-bond acceptors (Lipinski definition) is 0. The van der Waals surface area contributed by atoms with Crippen LogP contribution in [0.5, 0.6) is 0 Å². The largest absolute Gasteiger partial charge is 0.0716 e. The zero-order valence-electron chi connectivity index (χ0n) is 32.5. The summed E-state index contributed by atoms with van der Waals surface area (Å²) < 4.78 is 0. The molecule has 0 nitrogen and oxygen atoms in total. The van der Waals surface area contributed by atoms with Gasteiger partial charge in [-0.05, 0) is 115 Å². The lowest BCUT2D eigenvalue weighted by molar-refractivity contribution is 0.646. The van der Waals surface area contributed by atoms with Crippen molar-refractivity contribution in [2.75, 3.05) is 0 Å². The highest BCUT2D eigenvalue weighted by molar-refractivity contribution is 5.88. The first kappa shape index (κ1) is 34.3. The molecule has 0 N–H and O–H groups in total. The Morgan fingerprint density at radius 1 is 0.411 bits per heavy atom. The second kappa shape index (κ2) is 13.5. The van der Waals surface area contributed by atoms with E-state index in [1.807, 2.05) is 0 Å². The van der Waals surface area contributed by atoms with Crippen molar-refractivity contribution >= 4 is 0 Å². The molecule has 0 saturated heterocycles. The summed E-state index contributed by atoms with van der Waals surface area (Å²) in [4.78, 5) is 0. The maximum absolute atomic E-state index is 2.56. The Balaban J connectivity index is 1.16. The summed E-state index contributed by atoms with van der Waals surface area (Å²) >= 11 is 0. The second-order valence-corrected chi connectivity index (χ2v) is 16.4. The van der Waals surface area contributed by atoms with Gasteiger partial charge in [-0.2, -0.15) is 0 Å². The lowest BCUT2D eigenvalue weighted by atomic mass is 9.66. The van der Waals surface area contributed by atoms with E-state index in [1.165, 1.54) is 89.0 Å². The van der Waals surface area contributed by atoms with Crippen molar-refractivity contribution in [2.24, 2.45) is 0 Å². The van der Waals surface area contributed by atoms with Crippen LogP contribution in [0.2, 0.25) is 0 Å². The molecule has 0 spiro atoms. The summed E-state index contributed by atoms with van der Waals surface area (Å²) in [5.74, 6) is 0.257. The molecular formula is C56H46. The molecule has 1 atom stereocenters. The van der Waals surface area contributed by atoms with Crippen LogP contribution < -0.4 is 0 Å². The molecule has 0 radical (unpaired) electrons. The summed E-state index contributed by atoms with van der Waals surface area (Å²) in [5, 5.41) is 0. The molecule has 2 aliphatic carbocycles. The van der Waals surface area contributed by atoms with Crippen LogP contribution in [0.4, 0.5) is 0 Å². The van der Waals surface area contributed by atoms with E-state index in [9.17, 15) is 0 Å². The Bertz CT molecular complexity index is 2680. The molecule has 1 unspecified atom stereocenters. The van der Waals surface area contributed by atoms with Gasteiger partial charge in [-0.15, -0.1) is 0 Å². The first-order valence-electron chi connectivity index (χ1n) is 20.2. The molecule has 0 saturated carbocycles. The van der Waals surface area contributed by atoms with Crippen LogP contribution in [0.15, 0.2) is 194 Å². The maximum Gasteiger partial charge on any atom is 0.0716 e. The van der Waals surface area contributed by atoms with Gasteiger partial charge in [-0.1, -0.05) is 208 Å². The van der Waals surface area contributed by atoms with Crippen molar-refractivity contribution in [3.8, 4) is 33.4 Å². The standard InChI is InChI=1S/C56H46/c1-38-40(31-34-50-48-28-16-18-30-52(48)56(54(38)50,44-22-9-5-10-23-44)45-24-11-6-12-25-45)35-43(36-42-21-13-14-26-46(42)39-19-7-4-8-20-39)41-32-33-49-47-27-15-17-29-51(47)55(2,3)53(49)37-41/h4-34,37,43H,35-36H2,1-3H3. The van der Waals surface area contributed by atoms with Gasteiger partial charge in [0.1, 0.15) is 0 Å². The van der Waals surface area contributed by atoms with Gasteiger partial charge in [0.25, 0.3) is 0 Å². The van der Waals surface area contributed by atoms with Gasteiger partial charge in [0.2, 0.25) is 0 Å². The topological polar surface area (TPSA) is 0 Å². The van der Waals surface area contributed by atoms with Gasteiger partial charge >= 0.3 is 0 Å². The zero-order valence-corrected chi connectivity index (χ0v) is 32.5. The molecule has 0 amide bonds. The Kier molecular flexibility index (Phi) is 8.26. The minimum Gasteiger partial charge on any atom is -0.0622 e. The highest BCUT2D eigenvalue weighted by Gasteiger charge is 2.47. The van der Waals surface area contributed by atoms with E-state index in [1.54, 1.807) is 0 Å². The average molecular weight is 719 g/mol. The molecule has 8 aromatic rings. The normalized spacial score (nSPS) is 14.7. The van der Waals surface area contributed by atoms with Gasteiger partial charge in [0.05, 0.1) is 5.41 Å². The molecule has 10 rings (SSSR count). The van der Waals surface area contributed by atoms with Gasteiger partial charge in [-0.25, -0.2) is 0 Å². The van der Waals surface area contributed by atoms with Gasteiger partial charge in [0, 0.05) is 5.41 Å². The third-order valence-electron chi connectivity index (χ3n) is 13.1. The van der Waals surface area contributed by atoms with E-state index in [2.05, 4.69) is 215 Å². The van der Waals surface area contributed by atoms with E-state index in [4.69, 9.17) is 0 Å². The molecule has 2 aliphatic rings. The summed E-state index contributed by atoms with van der Waals surface area (Å²) in [5.41, 5.74) is 21.4. The quantitative estimate of drug-likeness (QED) is 0.147. The number of hydrogen-bond donors (Lipinski definition) is 0. The maximum atomic E-state index is 2.56. The third kappa shape index (κ3) is 5.27. The molecule has 8 aromatic carbocycles. The van der Waals surface area contributed by atoms with E-state index >= 15 is 0 Å². The van der Waals surface area contributed by atoms with Crippen molar-refractivity contribution < 1.29 is 0 Å². The third-order valence-corrected chi connectivity index (χ3v) is 13.1. The van der Waals surface area contributed by atoms with E-state index in [-0.39, 0.29) is 11.3 Å².